The largest absolute Gasteiger partial charge is 0.489 e. The molecule has 0 aromatic heterocycles. The Labute approximate surface area is 146 Å². The van der Waals surface area contributed by atoms with Gasteiger partial charge in [0.15, 0.2) is 0 Å². The molecule has 0 saturated carbocycles. The van der Waals surface area contributed by atoms with Gasteiger partial charge in [-0.15, -0.1) is 0 Å². The molecule has 2 amide bonds. The molecule has 1 aromatic carbocycles. The van der Waals surface area contributed by atoms with Crippen molar-refractivity contribution in [1.82, 2.24) is 10.2 Å². The molecule has 0 atom stereocenters. The summed E-state index contributed by atoms with van der Waals surface area (Å²) in [4.78, 5) is 16.4. The molecule has 5 nitrogen and oxygen atoms in total. The van der Waals surface area contributed by atoms with E-state index in [0.29, 0.717) is 0 Å². The fourth-order valence-electron chi connectivity index (χ4n) is 2.90. The zero-order valence-corrected chi connectivity index (χ0v) is 15.3. The van der Waals surface area contributed by atoms with Gasteiger partial charge >= 0.3 is 6.03 Å². The van der Waals surface area contributed by atoms with E-state index in [1.54, 1.807) is 0 Å². The van der Waals surface area contributed by atoms with E-state index in [2.05, 4.69) is 23.2 Å². The van der Waals surface area contributed by atoms with E-state index in [1.165, 1.54) is 12.8 Å². The number of carbonyl (C=O) groups excluding carboxylic acids is 1. The van der Waals surface area contributed by atoms with Crippen LogP contribution in [-0.2, 0) is 0 Å². The molecule has 0 spiro atoms. The Hall–Kier alpha value is -1.91. The van der Waals surface area contributed by atoms with Crippen LogP contribution in [0.3, 0.4) is 0 Å². The summed E-state index contributed by atoms with van der Waals surface area (Å²) in [5.74, 6) is 0.921. The monoisotopic (exact) mass is 333 g/mol. The molecule has 2 rings (SSSR count). The van der Waals surface area contributed by atoms with Crippen molar-refractivity contribution in [3.8, 4) is 5.75 Å². The first-order valence-electron chi connectivity index (χ1n) is 9.15. The molecular weight excluding hydrogens is 302 g/mol. The minimum absolute atomic E-state index is 0.0671. The van der Waals surface area contributed by atoms with Crippen molar-refractivity contribution in [3.63, 3.8) is 0 Å². The number of benzene rings is 1. The lowest BCUT2D eigenvalue weighted by Crippen LogP contribution is -2.52. The summed E-state index contributed by atoms with van der Waals surface area (Å²) < 4.78 is 5.91. The zero-order chi connectivity index (χ0) is 17.4. The van der Waals surface area contributed by atoms with Gasteiger partial charge in [0.2, 0.25) is 0 Å². The van der Waals surface area contributed by atoms with Gasteiger partial charge in [-0.2, -0.15) is 0 Å². The average Bonchev–Trinajstić information content (AvgIpc) is 2.59. The highest BCUT2D eigenvalue weighted by Crippen LogP contribution is 2.29. The molecule has 1 aliphatic heterocycles. The molecule has 1 N–H and O–H groups in total. The summed E-state index contributed by atoms with van der Waals surface area (Å²) in [5.41, 5.74) is 1.12. The first-order chi connectivity index (χ1) is 11.6. The van der Waals surface area contributed by atoms with Gasteiger partial charge in [0.1, 0.15) is 5.75 Å². The van der Waals surface area contributed by atoms with Crippen LogP contribution in [0, 0.1) is 0 Å². The quantitative estimate of drug-likeness (QED) is 0.777. The van der Waals surface area contributed by atoms with Crippen molar-refractivity contribution >= 4 is 11.7 Å². The number of carbonyl (C=O) groups is 1. The number of urea groups is 1. The van der Waals surface area contributed by atoms with E-state index in [0.717, 1.165) is 50.6 Å². The number of ether oxygens (including phenoxy) is 1. The molecule has 0 bridgehead atoms. The van der Waals surface area contributed by atoms with E-state index in [4.69, 9.17) is 4.74 Å². The van der Waals surface area contributed by atoms with Gasteiger partial charge in [0.25, 0.3) is 0 Å². The van der Waals surface area contributed by atoms with Crippen LogP contribution < -0.4 is 15.0 Å². The first-order valence-corrected chi connectivity index (χ1v) is 9.15. The van der Waals surface area contributed by atoms with Crippen LogP contribution in [-0.4, -0.2) is 49.8 Å². The second-order valence-corrected chi connectivity index (χ2v) is 6.55. The van der Waals surface area contributed by atoms with Crippen molar-refractivity contribution < 1.29 is 9.53 Å². The van der Waals surface area contributed by atoms with Gasteiger partial charge in [-0.3, -0.25) is 0 Å². The van der Waals surface area contributed by atoms with Gasteiger partial charge in [0, 0.05) is 32.7 Å². The van der Waals surface area contributed by atoms with Crippen LogP contribution in [0.4, 0.5) is 10.5 Å². The number of piperazine rings is 1. The Balaban J connectivity index is 1.85. The summed E-state index contributed by atoms with van der Waals surface area (Å²) in [6, 6.07) is 8.22. The Kier molecular flexibility index (Phi) is 7.22. The van der Waals surface area contributed by atoms with Crippen LogP contribution in [0.25, 0.3) is 0 Å². The van der Waals surface area contributed by atoms with Crippen LogP contribution in [0.5, 0.6) is 5.75 Å². The number of nitrogens with one attached hydrogen (secondary N) is 1. The Bertz CT molecular complexity index is 511. The minimum atomic E-state index is 0.0671. The molecule has 134 valence electrons. The number of amides is 2. The third kappa shape index (κ3) is 5.32. The molecule has 1 saturated heterocycles. The number of hydrogen-bond acceptors (Lipinski definition) is 3. The van der Waals surface area contributed by atoms with Gasteiger partial charge < -0.3 is 19.9 Å². The number of para-hydroxylation sites is 2. The van der Waals surface area contributed by atoms with Crippen molar-refractivity contribution in [2.75, 3.05) is 37.6 Å². The van der Waals surface area contributed by atoms with E-state index in [1.807, 2.05) is 36.9 Å². The van der Waals surface area contributed by atoms with E-state index >= 15 is 0 Å². The molecule has 1 aromatic rings. The second-order valence-electron chi connectivity index (χ2n) is 6.55. The molecule has 1 fully saturated rings. The number of hydrogen-bond donors (Lipinski definition) is 1. The summed E-state index contributed by atoms with van der Waals surface area (Å²) in [6.45, 7) is 10.2. The number of unbranched alkanes of at least 4 members (excludes halogenated alkanes) is 2. The summed E-state index contributed by atoms with van der Waals surface area (Å²) in [6.07, 6.45) is 3.55. The average molecular weight is 333 g/mol. The Morgan fingerprint density at radius 2 is 1.88 bits per heavy atom. The standard InChI is InChI=1S/C19H31N3O2/c1-4-5-8-11-20-19(23)22-14-12-21(13-15-22)17-9-6-7-10-18(17)24-16(2)3/h6-7,9-10,16H,4-5,8,11-15H2,1-3H3,(H,20,23). The Morgan fingerprint density at radius 3 is 2.54 bits per heavy atom. The molecule has 0 aliphatic carbocycles. The smallest absolute Gasteiger partial charge is 0.317 e. The lowest BCUT2D eigenvalue weighted by molar-refractivity contribution is 0.194. The van der Waals surface area contributed by atoms with Gasteiger partial charge in [-0.05, 0) is 32.4 Å². The van der Waals surface area contributed by atoms with Crippen molar-refractivity contribution in [2.45, 2.75) is 46.1 Å². The number of anilines is 1. The molecular formula is C19H31N3O2. The normalized spacial score (nSPS) is 14.8. The molecule has 1 heterocycles. The van der Waals surface area contributed by atoms with Crippen molar-refractivity contribution in [3.05, 3.63) is 24.3 Å². The highest BCUT2D eigenvalue weighted by molar-refractivity contribution is 5.74. The van der Waals surface area contributed by atoms with Gasteiger partial charge in [-0.25, -0.2) is 4.79 Å². The fraction of sp³-hybridized carbons (Fsp3) is 0.632. The lowest BCUT2D eigenvalue weighted by Gasteiger charge is -2.36. The van der Waals surface area contributed by atoms with Crippen LogP contribution in [0.15, 0.2) is 24.3 Å². The van der Waals surface area contributed by atoms with Gasteiger partial charge in [0.05, 0.1) is 11.8 Å². The molecule has 0 unspecified atom stereocenters. The summed E-state index contributed by atoms with van der Waals surface area (Å²) >= 11 is 0. The summed E-state index contributed by atoms with van der Waals surface area (Å²) in [5, 5.41) is 3.02. The first kappa shape index (κ1) is 18.4. The minimum Gasteiger partial charge on any atom is -0.489 e. The second kappa shape index (κ2) is 9.40. The maximum atomic E-state index is 12.2. The van der Waals surface area contributed by atoms with Crippen molar-refractivity contribution in [2.24, 2.45) is 0 Å². The zero-order valence-electron chi connectivity index (χ0n) is 15.3. The van der Waals surface area contributed by atoms with Gasteiger partial charge in [-0.1, -0.05) is 31.9 Å². The van der Waals surface area contributed by atoms with E-state index < -0.39 is 0 Å². The summed E-state index contributed by atoms with van der Waals surface area (Å²) in [7, 11) is 0. The predicted molar refractivity (Wildman–Crippen MR) is 98.9 cm³/mol. The number of rotatable bonds is 7. The topological polar surface area (TPSA) is 44.8 Å². The van der Waals surface area contributed by atoms with Crippen LogP contribution in [0.2, 0.25) is 0 Å². The van der Waals surface area contributed by atoms with E-state index in [9.17, 15) is 4.79 Å². The lowest BCUT2D eigenvalue weighted by atomic mass is 10.2. The highest BCUT2D eigenvalue weighted by Gasteiger charge is 2.22. The van der Waals surface area contributed by atoms with Crippen LogP contribution in [0.1, 0.15) is 40.0 Å². The molecule has 5 heteroatoms. The number of nitrogens with zero attached hydrogens (tertiary/aromatic N) is 2. The molecule has 24 heavy (non-hydrogen) atoms. The fourth-order valence-corrected chi connectivity index (χ4v) is 2.90. The highest BCUT2D eigenvalue weighted by atomic mass is 16.5. The van der Waals surface area contributed by atoms with E-state index in [-0.39, 0.29) is 12.1 Å². The third-order valence-electron chi connectivity index (χ3n) is 4.19. The maximum Gasteiger partial charge on any atom is 0.317 e. The van der Waals surface area contributed by atoms with Crippen molar-refractivity contribution in [1.29, 1.82) is 0 Å². The molecule has 1 aliphatic rings. The van der Waals surface area contributed by atoms with Crippen LogP contribution >= 0.6 is 0 Å². The third-order valence-corrected chi connectivity index (χ3v) is 4.19. The SMILES string of the molecule is CCCCCNC(=O)N1CCN(c2ccccc2OC(C)C)CC1. The predicted octanol–water partition coefficient (Wildman–Crippen LogP) is 3.50. The Morgan fingerprint density at radius 1 is 1.17 bits per heavy atom. The maximum absolute atomic E-state index is 12.2. The molecule has 0 radical (unpaired) electrons.